The number of halogens is 3. The summed E-state index contributed by atoms with van der Waals surface area (Å²) in [6.07, 6.45) is -6.20. The van der Waals surface area contributed by atoms with Gasteiger partial charge in [-0.3, -0.25) is 9.59 Å². The third kappa shape index (κ3) is 4.13. The number of anilines is 1. The Morgan fingerprint density at radius 3 is 2.35 bits per heavy atom. The molecule has 0 fully saturated rings. The predicted octanol–water partition coefficient (Wildman–Crippen LogP) is 1.68. The quantitative estimate of drug-likeness (QED) is 0.851. The maximum absolute atomic E-state index is 11.9. The van der Waals surface area contributed by atoms with Crippen LogP contribution in [0.1, 0.15) is 16.8 Å². The normalized spacial score (nSPS) is 11.0. The third-order valence-corrected chi connectivity index (χ3v) is 1.83. The van der Waals surface area contributed by atoms with Crippen LogP contribution in [0, 0.1) is 0 Å². The Kier molecular flexibility index (Phi) is 3.72. The first kappa shape index (κ1) is 13.0. The van der Waals surface area contributed by atoms with Crippen molar-refractivity contribution < 1.29 is 22.8 Å². The largest absolute Gasteiger partial charge is 0.397 e. The first-order valence-corrected chi connectivity index (χ1v) is 4.55. The molecule has 0 spiro atoms. The summed E-state index contributed by atoms with van der Waals surface area (Å²) >= 11 is 0. The minimum Gasteiger partial charge on any atom is -0.366 e. The smallest absolute Gasteiger partial charge is 0.366 e. The van der Waals surface area contributed by atoms with Gasteiger partial charge in [0.25, 0.3) is 5.91 Å². The lowest BCUT2D eigenvalue weighted by Crippen LogP contribution is -2.23. The van der Waals surface area contributed by atoms with Crippen LogP contribution in [0.5, 0.6) is 0 Å². The van der Waals surface area contributed by atoms with Crippen molar-refractivity contribution in [3.05, 3.63) is 29.8 Å². The molecule has 0 atom stereocenters. The van der Waals surface area contributed by atoms with E-state index in [0.29, 0.717) is 0 Å². The molecule has 4 nitrogen and oxygen atoms in total. The molecule has 3 N–H and O–H groups in total. The molecule has 0 aliphatic rings. The molecule has 0 saturated heterocycles. The molecule has 92 valence electrons. The Morgan fingerprint density at radius 1 is 1.24 bits per heavy atom. The summed E-state index contributed by atoms with van der Waals surface area (Å²) in [5.41, 5.74) is 4.93. The van der Waals surface area contributed by atoms with Gasteiger partial charge in [-0.1, -0.05) is 12.1 Å². The molecule has 1 aromatic rings. The second kappa shape index (κ2) is 4.86. The number of nitrogens with two attached hydrogens (primary N) is 1. The van der Waals surface area contributed by atoms with Gasteiger partial charge in [0.1, 0.15) is 6.42 Å². The van der Waals surface area contributed by atoms with Crippen molar-refractivity contribution in [3.8, 4) is 0 Å². The van der Waals surface area contributed by atoms with Crippen LogP contribution in [0.2, 0.25) is 0 Å². The van der Waals surface area contributed by atoms with Crippen molar-refractivity contribution in [3.63, 3.8) is 0 Å². The van der Waals surface area contributed by atoms with Gasteiger partial charge in [0.2, 0.25) is 5.91 Å². The summed E-state index contributed by atoms with van der Waals surface area (Å²) in [7, 11) is 0. The van der Waals surface area contributed by atoms with Crippen LogP contribution in [-0.4, -0.2) is 18.0 Å². The fourth-order valence-electron chi connectivity index (χ4n) is 1.18. The van der Waals surface area contributed by atoms with Gasteiger partial charge in [0, 0.05) is 0 Å². The van der Waals surface area contributed by atoms with E-state index in [1.54, 1.807) is 0 Å². The zero-order chi connectivity index (χ0) is 13.1. The summed E-state index contributed by atoms with van der Waals surface area (Å²) in [6.45, 7) is 0. The number of primary amides is 1. The van der Waals surface area contributed by atoms with Gasteiger partial charge in [-0.2, -0.15) is 13.2 Å². The average molecular weight is 246 g/mol. The molecule has 0 aromatic heterocycles. The molecule has 0 saturated carbocycles. The molecular weight excluding hydrogens is 237 g/mol. The van der Waals surface area contributed by atoms with Crippen LogP contribution in [0.25, 0.3) is 0 Å². The summed E-state index contributed by atoms with van der Waals surface area (Å²) < 4.78 is 35.7. The lowest BCUT2D eigenvalue weighted by atomic mass is 10.1. The summed E-state index contributed by atoms with van der Waals surface area (Å²) in [4.78, 5) is 22.0. The highest BCUT2D eigenvalue weighted by atomic mass is 19.4. The third-order valence-electron chi connectivity index (χ3n) is 1.83. The van der Waals surface area contributed by atoms with Crippen molar-refractivity contribution in [2.45, 2.75) is 12.6 Å². The highest BCUT2D eigenvalue weighted by molar-refractivity contribution is 6.03. The molecule has 0 aliphatic heterocycles. The number of carbonyl (C=O) groups excluding carboxylic acids is 2. The van der Waals surface area contributed by atoms with Crippen LogP contribution in [0.4, 0.5) is 18.9 Å². The van der Waals surface area contributed by atoms with E-state index >= 15 is 0 Å². The number of hydrogen-bond acceptors (Lipinski definition) is 2. The van der Waals surface area contributed by atoms with Crippen molar-refractivity contribution in [2.24, 2.45) is 5.73 Å². The highest BCUT2D eigenvalue weighted by Crippen LogP contribution is 2.21. The Labute approximate surface area is 94.6 Å². The van der Waals surface area contributed by atoms with E-state index in [0.717, 1.165) is 0 Å². The lowest BCUT2D eigenvalue weighted by Gasteiger charge is -2.10. The number of hydrogen-bond donors (Lipinski definition) is 2. The number of benzene rings is 1. The fraction of sp³-hybridized carbons (Fsp3) is 0.200. The number of alkyl halides is 3. The Hall–Kier alpha value is -2.05. The van der Waals surface area contributed by atoms with E-state index in [4.69, 9.17) is 5.73 Å². The zero-order valence-corrected chi connectivity index (χ0v) is 8.54. The standard InChI is InChI=1S/C10H9F3N2O2/c11-10(12,13)5-8(16)15-7-4-2-1-3-6(7)9(14)17/h1-4H,5H2,(H2,14,17)(H,15,16). The molecule has 0 unspecified atom stereocenters. The van der Waals surface area contributed by atoms with Gasteiger partial charge in [-0.15, -0.1) is 0 Å². The zero-order valence-electron chi connectivity index (χ0n) is 8.54. The summed E-state index contributed by atoms with van der Waals surface area (Å²) in [6, 6.07) is 5.56. The maximum Gasteiger partial charge on any atom is 0.397 e. The van der Waals surface area contributed by atoms with Gasteiger partial charge in [0.05, 0.1) is 11.3 Å². The Morgan fingerprint density at radius 2 is 1.82 bits per heavy atom. The van der Waals surface area contributed by atoms with Gasteiger partial charge in [-0.05, 0) is 12.1 Å². The van der Waals surface area contributed by atoms with E-state index < -0.39 is 24.4 Å². The molecule has 17 heavy (non-hydrogen) atoms. The van der Waals surface area contributed by atoms with Crippen molar-refractivity contribution in [1.29, 1.82) is 0 Å². The van der Waals surface area contributed by atoms with Crippen LogP contribution >= 0.6 is 0 Å². The second-order valence-corrected chi connectivity index (χ2v) is 3.25. The van der Waals surface area contributed by atoms with Crippen LogP contribution < -0.4 is 11.1 Å². The van der Waals surface area contributed by atoms with E-state index in [-0.39, 0.29) is 11.3 Å². The number of para-hydroxylation sites is 1. The number of rotatable bonds is 3. The Balaban J connectivity index is 2.82. The molecule has 1 aromatic carbocycles. The molecule has 0 radical (unpaired) electrons. The van der Waals surface area contributed by atoms with E-state index in [1.165, 1.54) is 24.3 Å². The summed E-state index contributed by atoms with van der Waals surface area (Å²) in [5, 5.41) is 1.99. The second-order valence-electron chi connectivity index (χ2n) is 3.25. The number of carbonyl (C=O) groups is 2. The minimum absolute atomic E-state index is 0.0331. The van der Waals surface area contributed by atoms with Crippen molar-refractivity contribution in [2.75, 3.05) is 5.32 Å². The molecular formula is C10H9F3N2O2. The molecule has 0 aliphatic carbocycles. The molecule has 1 rings (SSSR count). The van der Waals surface area contributed by atoms with E-state index in [2.05, 4.69) is 0 Å². The summed E-state index contributed by atoms with van der Waals surface area (Å²) in [5.74, 6) is -2.07. The fourth-order valence-corrected chi connectivity index (χ4v) is 1.18. The average Bonchev–Trinajstić information content (AvgIpc) is 2.14. The van der Waals surface area contributed by atoms with Crippen molar-refractivity contribution >= 4 is 17.5 Å². The van der Waals surface area contributed by atoms with Crippen molar-refractivity contribution in [1.82, 2.24) is 0 Å². The number of nitrogens with one attached hydrogen (secondary N) is 1. The lowest BCUT2D eigenvalue weighted by molar-refractivity contribution is -0.150. The topological polar surface area (TPSA) is 72.2 Å². The van der Waals surface area contributed by atoms with Crippen LogP contribution in [-0.2, 0) is 4.79 Å². The molecule has 7 heteroatoms. The van der Waals surface area contributed by atoms with E-state index in [1.807, 2.05) is 5.32 Å². The van der Waals surface area contributed by atoms with Gasteiger partial charge < -0.3 is 11.1 Å². The number of amides is 2. The monoisotopic (exact) mass is 246 g/mol. The van der Waals surface area contributed by atoms with Gasteiger partial charge in [0.15, 0.2) is 0 Å². The van der Waals surface area contributed by atoms with E-state index in [9.17, 15) is 22.8 Å². The van der Waals surface area contributed by atoms with Gasteiger partial charge in [-0.25, -0.2) is 0 Å². The maximum atomic E-state index is 11.9. The minimum atomic E-state index is -4.59. The SMILES string of the molecule is NC(=O)c1ccccc1NC(=O)CC(F)(F)F. The first-order valence-electron chi connectivity index (χ1n) is 4.55. The highest BCUT2D eigenvalue weighted by Gasteiger charge is 2.31. The van der Waals surface area contributed by atoms with Gasteiger partial charge >= 0.3 is 6.18 Å². The molecule has 0 bridgehead atoms. The van der Waals surface area contributed by atoms with Crippen LogP contribution in [0.15, 0.2) is 24.3 Å². The molecule has 2 amide bonds. The van der Waals surface area contributed by atoms with Crippen LogP contribution in [0.3, 0.4) is 0 Å². The predicted molar refractivity (Wildman–Crippen MR) is 54.3 cm³/mol. The Bertz CT molecular complexity index is 443. The first-order chi connectivity index (χ1) is 7.79. The molecule has 0 heterocycles.